The lowest BCUT2D eigenvalue weighted by molar-refractivity contribution is 0.0384. The van der Waals surface area contributed by atoms with E-state index in [4.69, 9.17) is 4.74 Å². The summed E-state index contributed by atoms with van der Waals surface area (Å²) in [5.41, 5.74) is 1.66. The fourth-order valence-electron chi connectivity index (χ4n) is 3.43. The number of hydrogen-bond donors (Lipinski definition) is 1. The Kier molecular flexibility index (Phi) is 7.23. The van der Waals surface area contributed by atoms with Crippen molar-refractivity contribution < 1.29 is 13.2 Å². The summed E-state index contributed by atoms with van der Waals surface area (Å²) >= 11 is 0. The Morgan fingerprint density at radius 3 is 2.57 bits per heavy atom. The third-order valence-electron chi connectivity index (χ3n) is 4.85. The second-order valence-electron chi connectivity index (χ2n) is 7.37. The molecule has 7 nitrogen and oxygen atoms in total. The van der Waals surface area contributed by atoms with Crippen molar-refractivity contribution in [3.05, 3.63) is 47.8 Å². The molecule has 154 valence electrons. The molecule has 28 heavy (non-hydrogen) atoms. The summed E-state index contributed by atoms with van der Waals surface area (Å²) in [4.78, 5) is 6.65. The molecule has 0 unspecified atom stereocenters. The van der Waals surface area contributed by atoms with Crippen molar-refractivity contribution in [1.82, 2.24) is 19.8 Å². The third-order valence-corrected chi connectivity index (χ3v) is 6.42. The molecule has 0 bridgehead atoms. The number of benzene rings is 1. The van der Waals surface area contributed by atoms with Gasteiger partial charge in [-0.2, -0.15) is 0 Å². The molecule has 8 heteroatoms. The Balaban J connectivity index is 1.65. The highest BCUT2D eigenvalue weighted by molar-refractivity contribution is 7.90. The fraction of sp³-hybridized carbons (Fsp3) is 0.550. The first-order valence-corrected chi connectivity index (χ1v) is 11.5. The Morgan fingerprint density at radius 2 is 1.89 bits per heavy atom. The van der Waals surface area contributed by atoms with Gasteiger partial charge in [0.05, 0.1) is 30.9 Å². The molecule has 0 atom stereocenters. The Labute approximate surface area is 167 Å². The van der Waals surface area contributed by atoms with Gasteiger partial charge in [0.1, 0.15) is 0 Å². The first-order chi connectivity index (χ1) is 13.5. The van der Waals surface area contributed by atoms with Gasteiger partial charge in [-0.1, -0.05) is 30.3 Å². The van der Waals surface area contributed by atoms with E-state index in [0.717, 1.165) is 50.7 Å². The molecule has 2 aromatic rings. The summed E-state index contributed by atoms with van der Waals surface area (Å²) in [6, 6.07) is 9.25. The number of hydrogen-bond acceptors (Lipinski definition) is 6. The number of nitrogens with one attached hydrogen (secondary N) is 1. The molecule has 0 radical (unpaired) electrons. The Hall–Kier alpha value is -1.74. The van der Waals surface area contributed by atoms with E-state index in [1.165, 1.54) is 0 Å². The first kappa shape index (κ1) is 21.0. The Morgan fingerprint density at radius 1 is 1.18 bits per heavy atom. The number of aromatic nitrogens is 2. The van der Waals surface area contributed by atoms with Gasteiger partial charge in [-0.15, -0.1) is 0 Å². The number of sulfone groups is 1. The van der Waals surface area contributed by atoms with Gasteiger partial charge in [0.2, 0.25) is 15.0 Å². The molecule has 1 aliphatic rings. The lowest BCUT2D eigenvalue weighted by Gasteiger charge is -2.26. The smallest absolute Gasteiger partial charge is 0.228 e. The van der Waals surface area contributed by atoms with E-state index in [9.17, 15) is 8.42 Å². The van der Waals surface area contributed by atoms with Crippen molar-refractivity contribution in [2.45, 2.75) is 37.3 Å². The van der Waals surface area contributed by atoms with Crippen LogP contribution in [0.1, 0.15) is 31.1 Å². The largest absolute Gasteiger partial charge is 0.379 e. The lowest BCUT2D eigenvalue weighted by Crippen LogP contribution is -2.40. The predicted molar refractivity (Wildman–Crippen MR) is 109 cm³/mol. The van der Waals surface area contributed by atoms with Crippen LogP contribution in [0.3, 0.4) is 0 Å². The van der Waals surface area contributed by atoms with Crippen LogP contribution in [0.4, 0.5) is 0 Å². The normalized spacial score (nSPS) is 16.0. The zero-order valence-corrected chi connectivity index (χ0v) is 17.5. The first-order valence-electron chi connectivity index (χ1n) is 9.81. The molecule has 1 fully saturated rings. The number of morpholine rings is 1. The SMILES string of the molecule is CC(C)n1c(CNCCN2CCOCC2)cnc1S(=O)(=O)Cc1ccccc1. The highest BCUT2D eigenvalue weighted by Gasteiger charge is 2.25. The predicted octanol–water partition coefficient (Wildman–Crippen LogP) is 1.86. The lowest BCUT2D eigenvalue weighted by atomic mass is 10.2. The van der Waals surface area contributed by atoms with Gasteiger partial charge in [0.15, 0.2) is 0 Å². The summed E-state index contributed by atoms with van der Waals surface area (Å²) in [7, 11) is -3.51. The van der Waals surface area contributed by atoms with Crippen LogP contribution in [-0.2, 0) is 26.9 Å². The van der Waals surface area contributed by atoms with E-state index in [2.05, 4.69) is 15.2 Å². The number of nitrogens with zero attached hydrogens (tertiary/aromatic N) is 3. The molecule has 0 aliphatic carbocycles. The van der Waals surface area contributed by atoms with E-state index in [1.54, 1.807) is 6.20 Å². The van der Waals surface area contributed by atoms with Crippen molar-refractivity contribution in [3.8, 4) is 0 Å². The van der Waals surface area contributed by atoms with Crippen LogP contribution >= 0.6 is 0 Å². The standard InChI is InChI=1S/C20H30N4O3S/c1-17(2)24-19(14-21-8-9-23-10-12-27-13-11-23)15-22-20(24)28(25,26)16-18-6-4-3-5-7-18/h3-7,15,17,21H,8-14,16H2,1-2H3. The molecule has 3 rings (SSSR count). The van der Waals surface area contributed by atoms with Crippen molar-refractivity contribution >= 4 is 9.84 Å². The average molecular weight is 407 g/mol. The van der Waals surface area contributed by atoms with Crippen LogP contribution in [0.25, 0.3) is 0 Å². The minimum absolute atomic E-state index is 0.0130. The van der Waals surface area contributed by atoms with Crippen molar-refractivity contribution in [2.24, 2.45) is 0 Å². The van der Waals surface area contributed by atoms with Crippen molar-refractivity contribution in [2.75, 3.05) is 39.4 Å². The summed E-state index contributed by atoms with van der Waals surface area (Å²) < 4.78 is 33.1. The molecule has 1 aromatic carbocycles. The number of ether oxygens (including phenoxy) is 1. The molecule has 2 heterocycles. The topological polar surface area (TPSA) is 76.5 Å². The zero-order chi connectivity index (χ0) is 20.0. The van der Waals surface area contributed by atoms with Gasteiger partial charge in [0.25, 0.3) is 0 Å². The van der Waals surface area contributed by atoms with E-state index >= 15 is 0 Å². The zero-order valence-electron chi connectivity index (χ0n) is 16.7. The van der Waals surface area contributed by atoms with Crippen LogP contribution in [0.2, 0.25) is 0 Å². The van der Waals surface area contributed by atoms with Crippen molar-refractivity contribution in [3.63, 3.8) is 0 Å². The van der Waals surface area contributed by atoms with Crippen molar-refractivity contribution in [1.29, 1.82) is 0 Å². The molecule has 1 N–H and O–H groups in total. The minimum atomic E-state index is -3.51. The van der Waals surface area contributed by atoms with Gasteiger partial charge in [0, 0.05) is 38.8 Å². The monoisotopic (exact) mass is 406 g/mol. The maximum atomic E-state index is 13.0. The molecule has 1 aliphatic heterocycles. The molecule has 1 saturated heterocycles. The molecule has 0 saturated carbocycles. The molecule has 1 aromatic heterocycles. The van der Waals surface area contributed by atoms with Gasteiger partial charge in [-0.25, -0.2) is 13.4 Å². The fourth-order valence-corrected chi connectivity index (χ4v) is 5.03. The van der Waals surface area contributed by atoms with Gasteiger partial charge in [-0.3, -0.25) is 4.90 Å². The Bertz CT molecular complexity index is 844. The van der Waals surface area contributed by atoms with Gasteiger partial charge in [-0.05, 0) is 19.4 Å². The van der Waals surface area contributed by atoms with Crippen LogP contribution < -0.4 is 5.32 Å². The summed E-state index contributed by atoms with van der Waals surface area (Å²) in [6.07, 6.45) is 1.68. The third kappa shape index (κ3) is 5.41. The summed E-state index contributed by atoms with van der Waals surface area (Å²) in [6.45, 7) is 9.89. The second-order valence-corrected chi connectivity index (χ2v) is 9.25. The molecular formula is C20H30N4O3S. The van der Waals surface area contributed by atoms with Crippen LogP contribution in [0.5, 0.6) is 0 Å². The number of rotatable bonds is 9. The van der Waals surface area contributed by atoms with Crippen LogP contribution in [0.15, 0.2) is 41.7 Å². The minimum Gasteiger partial charge on any atom is -0.379 e. The maximum absolute atomic E-state index is 13.0. The highest BCUT2D eigenvalue weighted by Crippen LogP contribution is 2.21. The summed E-state index contributed by atoms with van der Waals surface area (Å²) in [5.74, 6) is -0.0402. The van der Waals surface area contributed by atoms with E-state index in [-0.39, 0.29) is 17.0 Å². The van der Waals surface area contributed by atoms with Crippen LogP contribution in [0, 0.1) is 0 Å². The quantitative estimate of drug-likeness (QED) is 0.641. The maximum Gasteiger partial charge on any atom is 0.228 e. The molecular weight excluding hydrogens is 376 g/mol. The van der Waals surface area contributed by atoms with Crippen LogP contribution in [-0.4, -0.2) is 62.3 Å². The van der Waals surface area contributed by atoms with Gasteiger partial charge < -0.3 is 14.6 Å². The molecule has 0 spiro atoms. The van der Waals surface area contributed by atoms with E-state index in [0.29, 0.717) is 6.54 Å². The van der Waals surface area contributed by atoms with Gasteiger partial charge >= 0.3 is 0 Å². The van der Waals surface area contributed by atoms with E-state index in [1.807, 2.05) is 48.7 Å². The van der Waals surface area contributed by atoms with E-state index < -0.39 is 9.84 Å². The highest BCUT2D eigenvalue weighted by atomic mass is 32.2. The average Bonchev–Trinajstić information content (AvgIpc) is 3.12. The summed E-state index contributed by atoms with van der Waals surface area (Å²) in [5, 5.41) is 3.57. The molecule has 0 amide bonds. The number of imidazole rings is 1. The second kappa shape index (κ2) is 9.65.